The Balaban J connectivity index is 1.47. The van der Waals surface area contributed by atoms with Gasteiger partial charge in [0.25, 0.3) is 21.9 Å². The minimum atomic E-state index is -4.10. The summed E-state index contributed by atoms with van der Waals surface area (Å²) in [4.78, 5) is 8.22. The molecule has 0 amide bonds. The molecule has 2 aliphatic carbocycles. The number of nitrogens with one attached hydrogen (secondary N) is 1. The molecular formula is C16H15F2N7O2S. The van der Waals surface area contributed by atoms with Crippen molar-refractivity contribution < 1.29 is 17.2 Å². The molecule has 2 fully saturated rings. The van der Waals surface area contributed by atoms with Crippen LogP contribution in [0.15, 0.2) is 41.8 Å². The van der Waals surface area contributed by atoms with Gasteiger partial charge in [0.15, 0.2) is 5.03 Å². The van der Waals surface area contributed by atoms with Crippen molar-refractivity contribution in [3.63, 3.8) is 0 Å². The van der Waals surface area contributed by atoms with Crippen LogP contribution in [-0.2, 0) is 10.0 Å². The monoisotopic (exact) mass is 407 g/mol. The summed E-state index contributed by atoms with van der Waals surface area (Å²) in [5, 5.41) is 7.90. The van der Waals surface area contributed by atoms with Gasteiger partial charge in [0.1, 0.15) is 11.9 Å². The van der Waals surface area contributed by atoms with Crippen molar-refractivity contribution in [1.82, 2.24) is 29.5 Å². The lowest BCUT2D eigenvalue weighted by Crippen LogP contribution is -2.17. The third-order valence-electron chi connectivity index (χ3n) is 4.68. The first-order valence-corrected chi connectivity index (χ1v) is 10.1. The van der Waals surface area contributed by atoms with Crippen molar-refractivity contribution in [3.05, 3.63) is 42.5 Å². The third kappa shape index (κ3) is 3.03. The van der Waals surface area contributed by atoms with Crippen LogP contribution in [0.25, 0.3) is 5.95 Å². The summed E-state index contributed by atoms with van der Waals surface area (Å²) in [5.41, 5.74) is 0.744. The molecule has 0 radical (unpaired) electrons. The summed E-state index contributed by atoms with van der Waals surface area (Å²) in [7, 11) is -4.10. The van der Waals surface area contributed by atoms with Crippen LogP contribution in [-0.4, -0.2) is 43.9 Å². The fraction of sp³-hybridized carbons (Fsp3) is 0.375. The Labute approximate surface area is 158 Å². The van der Waals surface area contributed by atoms with E-state index in [1.54, 1.807) is 12.1 Å². The molecule has 3 heterocycles. The summed E-state index contributed by atoms with van der Waals surface area (Å²) in [6, 6.07) is 3.37. The minimum Gasteiger partial charge on any atom is -0.262 e. The van der Waals surface area contributed by atoms with Gasteiger partial charge in [0, 0.05) is 37.0 Å². The van der Waals surface area contributed by atoms with Crippen molar-refractivity contribution in [2.24, 2.45) is 0 Å². The zero-order valence-corrected chi connectivity index (χ0v) is 15.2. The summed E-state index contributed by atoms with van der Waals surface area (Å²) in [6.07, 6.45) is 5.92. The molecule has 3 aromatic heterocycles. The van der Waals surface area contributed by atoms with Gasteiger partial charge in [-0.1, -0.05) is 0 Å². The van der Waals surface area contributed by atoms with Gasteiger partial charge in [-0.3, -0.25) is 9.40 Å². The normalized spacial score (nSPS) is 20.9. The average molecular weight is 407 g/mol. The SMILES string of the molecule is O=S(=O)(Nc1cc(C2CC2)nn1-c1ncccn1)c1ccn(C2CC2(F)F)n1. The smallest absolute Gasteiger partial charge is 0.262 e. The second kappa shape index (κ2) is 5.80. The molecular weight excluding hydrogens is 392 g/mol. The highest BCUT2D eigenvalue weighted by Crippen LogP contribution is 2.52. The van der Waals surface area contributed by atoms with E-state index in [0.717, 1.165) is 23.2 Å². The number of halogens is 2. The summed E-state index contributed by atoms with van der Waals surface area (Å²) in [6.45, 7) is 0. The molecule has 2 saturated carbocycles. The quantitative estimate of drug-likeness (QED) is 0.671. The summed E-state index contributed by atoms with van der Waals surface area (Å²) < 4.78 is 56.6. The Morgan fingerprint density at radius 1 is 1.18 bits per heavy atom. The first-order valence-electron chi connectivity index (χ1n) is 8.67. The van der Waals surface area contributed by atoms with Crippen LogP contribution in [0.5, 0.6) is 0 Å². The van der Waals surface area contributed by atoms with E-state index in [4.69, 9.17) is 0 Å². The lowest BCUT2D eigenvalue weighted by atomic mass is 10.3. The van der Waals surface area contributed by atoms with Gasteiger partial charge < -0.3 is 0 Å². The number of hydrogen-bond donors (Lipinski definition) is 1. The van der Waals surface area contributed by atoms with Crippen molar-refractivity contribution in [1.29, 1.82) is 0 Å². The fourth-order valence-corrected chi connectivity index (χ4v) is 3.88. The van der Waals surface area contributed by atoms with Crippen LogP contribution in [0.1, 0.15) is 36.9 Å². The third-order valence-corrected chi connectivity index (χ3v) is 5.92. The number of sulfonamides is 1. The van der Waals surface area contributed by atoms with Crippen LogP contribution < -0.4 is 4.72 Å². The zero-order chi connectivity index (χ0) is 19.5. The molecule has 3 aromatic rings. The van der Waals surface area contributed by atoms with Gasteiger partial charge in [-0.15, -0.1) is 0 Å². The number of rotatable bonds is 6. The molecule has 0 saturated heterocycles. The Kier molecular flexibility index (Phi) is 3.57. The fourth-order valence-electron chi connectivity index (χ4n) is 2.92. The molecule has 0 aliphatic heterocycles. The van der Waals surface area contributed by atoms with Crippen molar-refractivity contribution >= 4 is 15.8 Å². The van der Waals surface area contributed by atoms with Crippen LogP contribution in [0.4, 0.5) is 14.6 Å². The summed E-state index contributed by atoms with van der Waals surface area (Å²) >= 11 is 0. The predicted molar refractivity (Wildman–Crippen MR) is 92.8 cm³/mol. The van der Waals surface area contributed by atoms with E-state index in [9.17, 15) is 17.2 Å². The highest BCUT2D eigenvalue weighted by molar-refractivity contribution is 7.92. The highest BCUT2D eigenvalue weighted by atomic mass is 32.2. The Morgan fingerprint density at radius 3 is 2.54 bits per heavy atom. The van der Waals surface area contributed by atoms with Gasteiger partial charge >= 0.3 is 0 Å². The molecule has 1 atom stereocenters. The largest absolute Gasteiger partial charge is 0.282 e. The van der Waals surface area contributed by atoms with E-state index in [-0.39, 0.29) is 29.1 Å². The average Bonchev–Trinajstić information content (AvgIpc) is 3.49. The molecule has 2 aliphatic rings. The van der Waals surface area contributed by atoms with E-state index in [0.29, 0.717) is 0 Å². The van der Waals surface area contributed by atoms with Crippen LogP contribution in [0.2, 0.25) is 0 Å². The molecule has 5 rings (SSSR count). The van der Waals surface area contributed by atoms with E-state index in [1.807, 2.05) is 0 Å². The molecule has 1 N–H and O–H groups in total. The number of alkyl halides is 2. The molecule has 12 heteroatoms. The first kappa shape index (κ1) is 17.2. The maximum Gasteiger partial charge on any atom is 0.282 e. The first-order chi connectivity index (χ1) is 13.3. The van der Waals surface area contributed by atoms with Crippen LogP contribution in [0.3, 0.4) is 0 Å². The number of nitrogens with zero attached hydrogens (tertiary/aromatic N) is 6. The Bertz CT molecular complexity index is 1140. The predicted octanol–water partition coefficient (Wildman–Crippen LogP) is 2.12. The van der Waals surface area contributed by atoms with Gasteiger partial charge in [-0.25, -0.2) is 18.7 Å². The molecule has 146 valence electrons. The lowest BCUT2D eigenvalue weighted by molar-refractivity contribution is 0.0981. The maximum absolute atomic E-state index is 13.2. The van der Waals surface area contributed by atoms with Crippen molar-refractivity contribution in [2.75, 3.05) is 4.72 Å². The van der Waals surface area contributed by atoms with E-state index < -0.39 is 22.0 Å². The van der Waals surface area contributed by atoms with Gasteiger partial charge in [-0.05, 0) is 25.0 Å². The Hall–Kier alpha value is -2.89. The molecule has 28 heavy (non-hydrogen) atoms. The molecule has 0 aromatic carbocycles. The lowest BCUT2D eigenvalue weighted by Gasteiger charge is -2.07. The second-order valence-electron chi connectivity index (χ2n) is 6.91. The Morgan fingerprint density at radius 2 is 1.89 bits per heavy atom. The highest BCUT2D eigenvalue weighted by Gasteiger charge is 2.59. The number of aromatic nitrogens is 6. The standard InChI is InChI=1S/C16H15F2N7O2S/c17-16(18)9-12(16)24-7-4-14(22-24)28(26,27)23-13-8-11(10-2-3-10)21-25(13)15-19-5-1-6-20-15/h1,4-8,10,12,23H,2-3,9H2. The van der Waals surface area contributed by atoms with E-state index in [2.05, 4.69) is 24.9 Å². The topological polar surface area (TPSA) is 108 Å². The second-order valence-corrected chi connectivity index (χ2v) is 8.54. The van der Waals surface area contributed by atoms with Gasteiger partial charge in [-0.2, -0.15) is 23.3 Å². The molecule has 1 unspecified atom stereocenters. The molecule has 9 nitrogen and oxygen atoms in total. The van der Waals surface area contributed by atoms with Gasteiger partial charge in [0.05, 0.1) is 5.69 Å². The van der Waals surface area contributed by atoms with Crippen LogP contribution in [0, 0.1) is 0 Å². The van der Waals surface area contributed by atoms with Crippen LogP contribution >= 0.6 is 0 Å². The molecule has 0 bridgehead atoms. The number of hydrogen-bond acceptors (Lipinski definition) is 6. The van der Waals surface area contributed by atoms with Crippen molar-refractivity contribution in [2.45, 2.75) is 42.2 Å². The van der Waals surface area contributed by atoms with E-state index in [1.165, 1.54) is 29.3 Å². The maximum atomic E-state index is 13.2. The summed E-state index contributed by atoms with van der Waals surface area (Å²) in [5.74, 6) is -2.18. The van der Waals surface area contributed by atoms with E-state index >= 15 is 0 Å². The number of anilines is 1. The van der Waals surface area contributed by atoms with Crippen molar-refractivity contribution in [3.8, 4) is 5.95 Å². The minimum absolute atomic E-state index is 0.166. The zero-order valence-electron chi connectivity index (χ0n) is 14.4. The molecule has 0 spiro atoms. The van der Waals surface area contributed by atoms with Gasteiger partial charge in [0.2, 0.25) is 0 Å².